The quantitative estimate of drug-likeness (QED) is 0.189. The van der Waals surface area contributed by atoms with Crippen LogP contribution < -0.4 is 0 Å². The number of nitro groups is 1. The number of carbonyl (C=O) groups excluding carboxylic acids is 1. The van der Waals surface area contributed by atoms with Crippen molar-refractivity contribution in [3.63, 3.8) is 0 Å². The number of nitrogens with zero attached hydrogens (tertiary/aromatic N) is 1. The molecule has 0 aliphatic rings. The Labute approximate surface area is 151 Å². The van der Waals surface area contributed by atoms with Gasteiger partial charge in [-0.3, -0.25) is 14.9 Å². The average molecular weight is 350 g/mol. The SMILES string of the molecule is CC/C=C\C/C=C\C/C=C\CC(C(O)CCCCCC[C]=O)[N+](=O)[O-]. The first kappa shape index (κ1) is 23.2. The lowest BCUT2D eigenvalue weighted by Crippen LogP contribution is -2.33. The second-order valence-electron chi connectivity index (χ2n) is 6.05. The van der Waals surface area contributed by atoms with E-state index in [1.54, 1.807) is 6.08 Å². The second kappa shape index (κ2) is 17.1. The van der Waals surface area contributed by atoms with Crippen LogP contribution in [-0.2, 0) is 4.79 Å². The Balaban J connectivity index is 4.02. The molecule has 0 fully saturated rings. The summed E-state index contributed by atoms with van der Waals surface area (Å²) in [5.74, 6) is 0. The van der Waals surface area contributed by atoms with Crippen molar-refractivity contribution >= 4 is 6.29 Å². The number of unbranched alkanes of at least 4 members (excludes halogenated alkanes) is 4. The van der Waals surface area contributed by atoms with Gasteiger partial charge < -0.3 is 5.11 Å². The number of allylic oxidation sites excluding steroid dienone is 5. The van der Waals surface area contributed by atoms with Crippen molar-refractivity contribution in [2.75, 3.05) is 0 Å². The van der Waals surface area contributed by atoms with Crippen LogP contribution in [0.2, 0.25) is 0 Å². The van der Waals surface area contributed by atoms with E-state index in [0.29, 0.717) is 12.8 Å². The Kier molecular flexibility index (Phi) is 15.9. The molecule has 0 aromatic heterocycles. The summed E-state index contributed by atoms with van der Waals surface area (Å²) in [6, 6.07) is -0.948. The Hall–Kier alpha value is -1.75. The summed E-state index contributed by atoms with van der Waals surface area (Å²) in [5, 5.41) is 21.2. The molecule has 25 heavy (non-hydrogen) atoms. The number of hydrogen-bond donors (Lipinski definition) is 1. The van der Waals surface area contributed by atoms with Crippen molar-refractivity contribution in [2.45, 2.75) is 83.3 Å². The third kappa shape index (κ3) is 14.3. The molecule has 1 N–H and O–H groups in total. The molecule has 2 atom stereocenters. The molecule has 0 rings (SSSR count). The Morgan fingerprint density at radius 2 is 1.60 bits per heavy atom. The molecule has 0 aliphatic heterocycles. The Morgan fingerprint density at radius 3 is 2.20 bits per heavy atom. The molecule has 0 bridgehead atoms. The van der Waals surface area contributed by atoms with E-state index in [0.717, 1.165) is 44.9 Å². The van der Waals surface area contributed by atoms with Gasteiger partial charge in [-0.1, -0.05) is 62.6 Å². The molecule has 141 valence electrons. The van der Waals surface area contributed by atoms with Gasteiger partial charge in [0.2, 0.25) is 6.04 Å². The van der Waals surface area contributed by atoms with E-state index < -0.39 is 12.1 Å². The van der Waals surface area contributed by atoms with Gasteiger partial charge >= 0.3 is 0 Å². The van der Waals surface area contributed by atoms with Gasteiger partial charge in [0.05, 0.1) is 0 Å². The monoisotopic (exact) mass is 350 g/mol. The summed E-state index contributed by atoms with van der Waals surface area (Å²) in [6.07, 6.45) is 20.0. The smallest absolute Gasteiger partial charge is 0.241 e. The third-order valence-corrected chi connectivity index (χ3v) is 3.90. The minimum Gasteiger partial charge on any atom is -0.386 e. The lowest BCUT2D eigenvalue weighted by Gasteiger charge is -2.14. The highest BCUT2D eigenvalue weighted by molar-refractivity contribution is 5.50. The van der Waals surface area contributed by atoms with Crippen LogP contribution >= 0.6 is 0 Å². The maximum absolute atomic E-state index is 11.1. The molecule has 0 aromatic rings. The van der Waals surface area contributed by atoms with Crippen LogP contribution in [0.25, 0.3) is 0 Å². The van der Waals surface area contributed by atoms with Crippen molar-refractivity contribution < 1.29 is 14.8 Å². The van der Waals surface area contributed by atoms with E-state index >= 15 is 0 Å². The van der Waals surface area contributed by atoms with Gasteiger partial charge in [0.15, 0.2) is 6.29 Å². The number of aliphatic hydroxyl groups excluding tert-OH is 1. The van der Waals surface area contributed by atoms with E-state index in [1.165, 1.54) is 0 Å². The van der Waals surface area contributed by atoms with E-state index in [4.69, 9.17) is 0 Å². The van der Waals surface area contributed by atoms with Gasteiger partial charge in [-0.05, 0) is 32.1 Å². The summed E-state index contributed by atoms with van der Waals surface area (Å²) >= 11 is 0. The predicted octanol–water partition coefficient (Wildman–Crippen LogP) is 4.69. The summed E-state index contributed by atoms with van der Waals surface area (Å²) in [6.45, 7) is 2.09. The van der Waals surface area contributed by atoms with Gasteiger partial charge in [-0.15, -0.1) is 0 Å². The minimum atomic E-state index is -0.948. The highest BCUT2D eigenvalue weighted by Crippen LogP contribution is 2.14. The highest BCUT2D eigenvalue weighted by atomic mass is 16.6. The first-order valence-corrected chi connectivity index (χ1v) is 9.25. The van der Waals surface area contributed by atoms with Crippen LogP contribution in [0.5, 0.6) is 0 Å². The number of aliphatic hydroxyl groups is 1. The van der Waals surface area contributed by atoms with E-state index in [-0.39, 0.29) is 11.3 Å². The zero-order valence-electron chi connectivity index (χ0n) is 15.3. The minimum absolute atomic E-state index is 0.248. The van der Waals surface area contributed by atoms with Crippen molar-refractivity contribution in [1.29, 1.82) is 0 Å². The van der Waals surface area contributed by atoms with Crippen LogP contribution in [0.4, 0.5) is 0 Å². The third-order valence-electron chi connectivity index (χ3n) is 3.90. The molecular weight excluding hydrogens is 318 g/mol. The van der Waals surface area contributed by atoms with Gasteiger partial charge in [-0.2, -0.15) is 0 Å². The number of rotatable bonds is 16. The Bertz CT molecular complexity index is 429. The summed E-state index contributed by atoms with van der Waals surface area (Å²) in [7, 11) is 0. The molecular formula is C20H32NO4. The van der Waals surface area contributed by atoms with Gasteiger partial charge in [-0.25, -0.2) is 0 Å². The normalized spacial score (nSPS) is 14.5. The molecule has 5 heteroatoms. The zero-order chi connectivity index (χ0) is 18.8. The second-order valence-corrected chi connectivity index (χ2v) is 6.05. The van der Waals surface area contributed by atoms with Gasteiger partial charge in [0.1, 0.15) is 6.10 Å². The summed E-state index contributed by atoms with van der Waals surface area (Å²) in [5.41, 5.74) is 0. The fraction of sp³-hybridized carbons (Fsp3) is 0.650. The first-order valence-electron chi connectivity index (χ1n) is 9.25. The van der Waals surface area contributed by atoms with E-state index in [2.05, 4.69) is 25.2 Å². The predicted molar refractivity (Wildman–Crippen MR) is 102 cm³/mol. The lowest BCUT2D eigenvalue weighted by molar-refractivity contribution is -0.533. The summed E-state index contributed by atoms with van der Waals surface area (Å²) < 4.78 is 0. The molecule has 5 nitrogen and oxygen atoms in total. The molecule has 0 saturated heterocycles. The molecule has 0 saturated carbocycles. The largest absolute Gasteiger partial charge is 0.386 e. The topological polar surface area (TPSA) is 80.4 Å². The van der Waals surface area contributed by atoms with Gasteiger partial charge in [0.25, 0.3) is 0 Å². The van der Waals surface area contributed by atoms with Crippen molar-refractivity contribution in [2.24, 2.45) is 0 Å². The molecule has 0 amide bonds. The van der Waals surface area contributed by atoms with Crippen LogP contribution in [0, 0.1) is 10.1 Å². The molecule has 0 spiro atoms. The van der Waals surface area contributed by atoms with Crippen LogP contribution in [0.3, 0.4) is 0 Å². The average Bonchev–Trinajstić information content (AvgIpc) is 2.59. The van der Waals surface area contributed by atoms with Crippen LogP contribution in [-0.4, -0.2) is 28.5 Å². The van der Waals surface area contributed by atoms with Gasteiger partial charge in [0, 0.05) is 17.8 Å². The maximum atomic E-state index is 11.1. The lowest BCUT2D eigenvalue weighted by atomic mass is 10.0. The fourth-order valence-corrected chi connectivity index (χ4v) is 2.42. The van der Waals surface area contributed by atoms with Crippen molar-refractivity contribution in [3.05, 3.63) is 46.6 Å². The summed E-state index contributed by atoms with van der Waals surface area (Å²) in [4.78, 5) is 20.8. The Morgan fingerprint density at radius 1 is 1.00 bits per heavy atom. The van der Waals surface area contributed by atoms with Crippen molar-refractivity contribution in [3.8, 4) is 0 Å². The highest BCUT2D eigenvalue weighted by Gasteiger charge is 2.27. The molecule has 1 radical (unpaired) electrons. The molecule has 0 aromatic carbocycles. The van der Waals surface area contributed by atoms with Crippen LogP contribution in [0.1, 0.15) is 71.1 Å². The maximum Gasteiger partial charge on any atom is 0.241 e. The number of hydrogen-bond acceptors (Lipinski definition) is 4. The molecule has 0 aliphatic carbocycles. The standard InChI is InChI=1S/C20H32NO4/c1-2-3-4-5-6-7-8-10-13-16-19(21(24)25)20(23)17-14-11-9-12-15-18-22/h3-4,6-7,10,13,19-20,23H,2,5,8-9,11-12,14-17H2,1H3/b4-3-,7-6-,13-10-. The molecule has 2 unspecified atom stereocenters. The molecule has 0 heterocycles. The first-order chi connectivity index (χ1) is 12.1. The van der Waals surface area contributed by atoms with E-state index in [1.807, 2.05) is 18.4 Å². The fourth-order valence-electron chi connectivity index (χ4n) is 2.42. The zero-order valence-corrected chi connectivity index (χ0v) is 15.3. The van der Waals surface area contributed by atoms with Crippen LogP contribution in [0.15, 0.2) is 36.5 Å². The van der Waals surface area contributed by atoms with Crippen molar-refractivity contribution in [1.82, 2.24) is 0 Å². The van der Waals surface area contributed by atoms with E-state index in [9.17, 15) is 20.0 Å².